The largest absolute Gasteiger partial charge is 0.489 e. The SMILES string of the molecule is O=C1CCC(N2Cc3cc(O[C@H]4CCN(Cc5cc(-c6cccc(N7CCOCC7)c6)ccn5)C4)ccc3C2=O)C(=O)N1. The summed E-state index contributed by atoms with van der Waals surface area (Å²) in [5.74, 6) is -0.139. The first kappa shape index (κ1) is 27.5. The fourth-order valence-electron chi connectivity index (χ4n) is 6.53. The van der Waals surface area contributed by atoms with Crippen LogP contribution in [-0.4, -0.2) is 84.0 Å². The maximum atomic E-state index is 13.0. The van der Waals surface area contributed by atoms with E-state index in [2.05, 4.69) is 56.5 Å². The molecule has 10 nitrogen and oxygen atoms in total. The predicted octanol–water partition coefficient (Wildman–Crippen LogP) is 3.00. The van der Waals surface area contributed by atoms with Crippen molar-refractivity contribution in [2.45, 2.75) is 44.5 Å². The van der Waals surface area contributed by atoms with Crippen molar-refractivity contribution >= 4 is 23.4 Å². The van der Waals surface area contributed by atoms with E-state index >= 15 is 0 Å². The number of nitrogens with one attached hydrogen (secondary N) is 1. The summed E-state index contributed by atoms with van der Waals surface area (Å²) in [5, 5.41) is 2.35. The zero-order valence-electron chi connectivity index (χ0n) is 24.0. The van der Waals surface area contributed by atoms with Gasteiger partial charge in [-0.2, -0.15) is 0 Å². The Morgan fingerprint density at radius 3 is 2.67 bits per heavy atom. The Balaban J connectivity index is 0.963. The zero-order valence-corrected chi connectivity index (χ0v) is 24.0. The smallest absolute Gasteiger partial charge is 0.255 e. The van der Waals surface area contributed by atoms with Crippen LogP contribution in [0.25, 0.3) is 11.1 Å². The number of piperidine rings is 1. The molecule has 3 fully saturated rings. The second kappa shape index (κ2) is 11.8. The summed E-state index contributed by atoms with van der Waals surface area (Å²) < 4.78 is 11.9. The van der Waals surface area contributed by atoms with Crippen molar-refractivity contribution in [3.05, 3.63) is 77.6 Å². The third-order valence-corrected chi connectivity index (χ3v) is 8.78. The average molecular weight is 582 g/mol. The number of hydrogen-bond donors (Lipinski definition) is 1. The molecule has 0 spiro atoms. The van der Waals surface area contributed by atoms with Gasteiger partial charge in [-0.05, 0) is 72.0 Å². The average Bonchev–Trinajstić information content (AvgIpc) is 3.60. The van der Waals surface area contributed by atoms with Crippen molar-refractivity contribution in [1.82, 2.24) is 20.1 Å². The summed E-state index contributed by atoms with van der Waals surface area (Å²) >= 11 is 0. The molecule has 3 aromatic rings. The molecule has 0 bridgehead atoms. The highest BCUT2D eigenvalue weighted by molar-refractivity contribution is 6.05. The minimum atomic E-state index is -0.619. The lowest BCUT2D eigenvalue weighted by atomic mass is 10.0. The van der Waals surface area contributed by atoms with Gasteiger partial charge in [0, 0.05) is 63.1 Å². The van der Waals surface area contributed by atoms with Gasteiger partial charge in [0.15, 0.2) is 0 Å². The number of likely N-dealkylation sites (tertiary alicyclic amines) is 1. The maximum absolute atomic E-state index is 13.0. The standard InChI is InChI=1S/C33H35N5O5/c39-31-7-6-30(32(40)35-31)38-19-24-18-27(4-5-29(24)33(38)41)43-28-9-11-36(21-28)20-25-16-23(8-10-34-25)22-2-1-3-26(17-22)37-12-14-42-15-13-37/h1-5,8,10,16-18,28,30H,6-7,9,11-15,19-21H2,(H,35,39,40)/t28-,30?/m0/s1. The van der Waals surface area contributed by atoms with Gasteiger partial charge in [-0.1, -0.05) is 12.1 Å². The summed E-state index contributed by atoms with van der Waals surface area (Å²) in [6, 6.07) is 17.8. The van der Waals surface area contributed by atoms with E-state index in [9.17, 15) is 14.4 Å². The van der Waals surface area contributed by atoms with Crippen LogP contribution < -0.4 is 15.0 Å². The minimum Gasteiger partial charge on any atom is -0.489 e. The number of ether oxygens (including phenoxy) is 2. The number of anilines is 1. The van der Waals surface area contributed by atoms with Crippen LogP contribution in [0, 0.1) is 0 Å². The molecule has 1 N–H and O–H groups in total. The van der Waals surface area contributed by atoms with Crippen LogP contribution in [0.4, 0.5) is 5.69 Å². The summed E-state index contributed by atoms with van der Waals surface area (Å²) in [6.07, 6.45) is 3.42. The lowest BCUT2D eigenvalue weighted by Crippen LogP contribution is -2.52. The van der Waals surface area contributed by atoms with Crippen molar-refractivity contribution < 1.29 is 23.9 Å². The second-order valence-electron chi connectivity index (χ2n) is 11.7. The van der Waals surface area contributed by atoms with E-state index in [1.807, 2.05) is 18.3 Å². The number of aromatic nitrogens is 1. The molecule has 222 valence electrons. The van der Waals surface area contributed by atoms with E-state index in [0.29, 0.717) is 18.5 Å². The molecule has 4 aliphatic rings. The molecule has 4 aliphatic heterocycles. The third-order valence-electron chi connectivity index (χ3n) is 8.78. The zero-order chi connectivity index (χ0) is 29.3. The molecule has 10 heteroatoms. The number of pyridine rings is 1. The summed E-state index contributed by atoms with van der Waals surface area (Å²) in [6.45, 7) is 6.13. The number of carbonyl (C=O) groups excluding carboxylic acids is 3. The van der Waals surface area contributed by atoms with Crippen molar-refractivity contribution in [3.63, 3.8) is 0 Å². The highest BCUT2D eigenvalue weighted by atomic mass is 16.5. The van der Waals surface area contributed by atoms with Crippen LogP contribution in [0.15, 0.2) is 60.8 Å². The molecule has 43 heavy (non-hydrogen) atoms. The Labute approximate surface area is 250 Å². The Morgan fingerprint density at radius 2 is 1.81 bits per heavy atom. The fourth-order valence-corrected chi connectivity index (χ4v) is 6.53. The molecule has 0 radical (unpaired) electrons. The molecule has 5 heterocycles. The second-order valence-corrected chi connectivity index (χ2v) is 11.7. The van der Waals surface area contributed by atoms with E-state index in [-0.39, 0.29) is 24.3 Å². The molecule has 2 aromatic carbocycles. The van der Waals surface area contributed by atoms with Crippen LogP contribution in [0.2, 0.25) is 0 Å². The van der Waals surface area contributed by atoms with Gasteiger partial charge in [-0.15, -0.1) is 0 Å². The molecule has 3 saturated heterocycles. The van der Waals surface area contributed by atoms with E-state index in [1.165, 1.54) is 11.3 Å². The molecular formula is C33H35N5O5. The van der Waals surface area contributed by atoms with Crippen LogP contribution in [-0.2, 0) is 27.4 Å². The minimum absolute atomic E-state index is 0.0368. The van der Waals surface area contributed by atoms with Gasteiger partial charge in [-0.25, -0.2) is 0 Å². The summed E-state index contributed by atoms with van der Waals surface area (Å²) in [4.78, 5) is 47.8. The number of imide groups is 1. The highest BCUT2D eigenvalue weighted by Crippen LogP contribution is 2.31. The highest BCUT2D eigenvalue weighted by Gasteiger charge is 2.39. The lowest BCUT2D eigenvalue weighted by Gasteiger charge is -2.29. The molecule has 0 aliphatic carbocycles. The van der Waals surface area contributed by atoms with E-state index < -0.39 is 11.9 Å². The van der Waals surface area contributed by atoms with Gasteiger partial charge in [0.1, 0.15) is 17.9 Å². The number of rotatable bonds is 7. The first-order chi connectivity index (χ1) is 21.0. The lowest BCUT2D eigenvalue weighted by molar-refractivity contribution is -0.136. The number of nitrogens with zero attached hydrogens (tertiary/aromatic N) is 4. The van der Waals surface area contributed by atoms with Gasteiger partial charge >= 0.3 is 0 Å². The monoisotopic (exact) mass is 581 g/mol. The number of benzene rings is 2. The van der Waals surface area contributed by atoms with Gasteiger partial charge in [0.25, 0.3) is 5.91 Å². The first-order valence-corrected chi connectivity index (χ1v) is 15.0. The number of amides is 3. The molecule has 1 unspecified atom stereocenters. The molecule has 1 aromatic heterocycles. The van der Waals surface area contributed by atoms with Gasteiger partial charge < -0.3 is 19.3 Å². The topological polar surface area (TPSA) is 104 Å². The van der Waals surface area contributed by atoms with Crippen molar-refractivity contribution in [3.8, 4) is 16.9 Å². The number of fused-ring (bicyclic) bond motifs is 1. The molecule has 2 atom stereocenters. The van der Waals surface area contributed by atoms with Crippen LogP contribution >= 0.6 is 0 Å². The quantitative estimate of drug-likeness (QED) is 0.425. The molecule has 3 amide bonds. The van der Waals surface area contributed by atoms with Crippen LogP contribution in [0.1, 0.15) is 40.9 Å². The maximum Gasteiger partial charge on any atom is 0.255 e. The van der Waals surface area contributed by atoms with Crippen molar-refractivity contribution in [2.75, 3.05) is 44.3 Å². The number of morpholine rings is 1. The number of hydrogen-bond acceptors (Lipinski definition) is 8. The van der Waals surface area contributed by atoms with Gasteiger partial charge in [-0.3, -0.25) is 29.6 Å². The Bertz CT molecular complexity index is 1550. The van der Waals surface area contributed by atoms with Crippen molar-refractivity contribution in [2.24, 2.45) is 0 Å². The Hall–Kier alpha value is -4.28. The van der Waals surface area contributed by atoms with E-state index in [0.717, 1.165) is 74.9 Å². The van der Waals surface area contributed by atoms with Crippen LogP contribution in [0.3, 0.4) is 0 Å². The van der Waals surface area contributed by atoms with Gasteiger partial charge in [0.2, 0.25) is 11.8 Å². The Morgan fingerprint density at radius 1 is 0.953 bits per heavy atom. The number of carbonyl (C=O) groups is 3. The summed E-state index contributed by atoms with van der Waals surface area (Å²) in [7, 11) is 0. The molecule has 7 rings (SSSR count). The predicted molar refractivity (Wildman–Crippen MR) is 160 cm³/mol. The third kappa shape index (κ3) is 5.85. The van der Waals surface area contributed by atoms with E-state index in [1.54, 1.807) is 11.0 Å². The Kier molecular flexibility index (Phi) is 7.54. The summed E-state index contributed by atoms with van der Waals surface area (Å²) in [5.41, 5.74) is 6.03. The molecular weight excluding hydrogens is 546 g/mol. The molecule has 0 saturated carbocycles. The van der Waals surface area contributed by atoms with Crippen LogP contribution in [0.5, 0.6) is 5.75 Å². The normalized spacial score (nSPS) is 22.6. The van der Waals surface area contributed by atoms with Crippen molar-refractivity contribution in [1.29, 1.82) is 0 Å². The fraction of sp³-hybridized carbons (Fsp3) is 0.394. The first-order valence-electron chi connectivity index (χ1n) is 15.0. The van der Waals surface area contributed by atoms with Gasteiger partial charge in [0.05, 0.1) is 18.9 Å². The van der Waals surface area contributed by atoms with E-state index in [4.69, 9.17) is 9.47 Å².